The van der Waals surface area contributed by atoms with Crippen molar-refractivity contribution in [3.8, 4) is 0 Å². The highest BCUT2D eigenvalue weighted by Gasteiger charge is 2.20. The molecular weight excluding hydrogens is 252 g/mol. The van der Waals surface area contributed by atoms with Crippen molar-refractivity contribution in [1.82, 2.24) is 9.21 Å². The van der Waals surface area contributed by atoms with E-state index in [1.54, 1.807) is 14.1 Å². The van der Waals surface area contributed by atoms with Crippen molar-refractivity contribution in [3.05, 3.63) is 0 Å². The number of carbonyl (C=O) groups excluding carboxylic acids is 1. The number of rotatable bonds is 7. The van der Waals surface area contributed by atoms with E-state index in [2.05, 4.69) is 0 Å². The molecule has 0 spiro atoms. The van der Waals surface area contributed by atoms with Crippen LogP contribution >= 0.6 is 11.6 Å². The van der Waals surface area contributed by atoms with Crippen LogP contribution in [0.5, 0.6) is 0 Å². The second kappa shape index (κ2) is 7.09. The van der Waals surface area contributed by atoms with E-state index < -0.39 is 10.0 Å². The summed E-state index contributed by atoms with van der Waals surface area (Å²) < 4.78 is 24.4. The predicted molar refractivity (Wildman–Crippen MR) is 65.1 cm³/mol. The topological polar surface area (TPSA) is 57.7 Å². The van der Waals surface area contributed by atoms with Crippen molar-refractivity contribution < 1.29 is 13.2 Å². The largest absolute Gasteiger partial charge is 0.348 e. The van der Waals surface area contributed by atoms with Gasteiger partial charge < -0.3 is 4.90 Å². The molecule has 1 amide bonds. The van der Waals surface area contributed by atoms with Gasteiger partial charge in [-0.1, -0.05) is 0 Å². The number of amides is 1. The summed E-state index contributed by atoms with van der Waals surface area (Å²) >= 11 is 5.47. The van der Waals surface area contributed by atoms with E-state index in [1.807, 2.05) is 0 Å². The molecule has 0 aromatic carbocycles. The zero-order valence-electron chi connectivity index (χ0n) is 9.94. The van der Waals surface area contributed by atoms with Crippen molar-refractivity contribution in [2.45, 2.75) is 12.8 Å². The van der Waals surface area contributed by atoms with Crippen LogP contribution in [0.3, 0.4) is 0 Å². The van der Waals surface area contributed by atoms with Crippen LogP contribution in [-0.4, -0.2) is 62.9 Å². The van der Waals surface area contributed by atoms with E-state index >= 15 is 0 Å². The third-order valence-electron chi connectivity index (χ3n) is 2.12. The molecule has 0 saturated carbocycles. The van der Waals surface area contributed by atoms with Crippen molar-refractivity contribution >= 4 is 27.5 Å². The molecule has 0 aromatic rings. The highest BCUT2D eigenvalue weighted by atomic mass is 35.5. The first-order valence-electron chi connectivity index (χ1n) is 5.01. The summed E-state index contributed by atoms with van der Waals surface area (Å²) in [4.78, 5) is 12.7. The lowest BCUT2D eigenvalue weighted by atomic mass is 10.4. The van der Waals surface area contributed by atoms with Gasteiger partial charge in [0.15, 0.2) is 0 Å². The maximum absolute atomic E-state index is 11.7. The number of carbonyl (C=O) groups is 1. The molecule has 0 rings (SSSR count). The van der Waals surface area contributed by atoms with Gasteiger partial charge in [0.25, 0.3) is 0 Å². The van der Waals surface area contributed by atoms with Gasteiger partial charge in [0.05, 0.1) is 12.3 Å². The number of sulfonamides is 1. The Morgan fingerprint density at radius 3 is 2.19 bits per heavy atom. The molecule has 7 heteroatoms. The highest BCUT2D eigenvalue weighted by Crippen LogP contribution is 2.03. The van der Waals surface area contributed by atoms with Gasteiger partial charge in [-0.3, -0.25) is 4.79 Å². The Morgan fingerprint density at radius 2 is 1.75 bits per heavy atom. The second-order valence-corrected chi connectivity index (χ2v) is 6.33. The van der Waals surface area contributed by atoms with Gasteiger partial charge >= 0.3 is 0 Å². The van der Waals surface area contributed by atoms with Gasteiger partial charge in [-0.25, -0.2) is 8.42 Å². The Balaban J connectivity index is 4.25. The van der Waals surface area contributed by atoms with E-state index in [-0.39, 0.29) is 18.2 Å². The van der Waals surface area contributed by atoms with Gasteiger partial charge in [-0.2, -0.15) is 4.31 Å². The number of likely N-dealkylation sites (N-methyl/N-ethyl adjacent to an activating group) is 2. The van der Waals surface area contributed by atoms with Gasteiger partial charge in [-0.05, 0) is 12.8 Å². The molecule has 0 aromatic heterocycles. The number of hydrogen-bond acceptors (Lipinski definition) is 3. The lowest BCUT2D eigenvalue weighted by Crippen LogP contribution is -2.38. The molecule has 0 atom stereocenters. The average molecular weight is 271 g/mol. The zero-order valence-corrected chi connectivity index (χ0v) is 11.5. The third-order valence-corrected chi connectivity index (χ3v) is 4.27. The Hall–Kier alpha value is -0.330. The van der Waals surface area contributed by atoms with Crippen LogP contribution < -0.4 is 0 Å². The Labute approximate surface area is 102 Å². The summed E-state index contributed by atoms with van der Waals surface area (Å²) in [5.41, 5.74) is 0. The lowest BCUT2D eigenvalue weighted by molar-refractivity contribution is -0.128. The molecule has 0 aliphatic rings. The molecule has 0 heterocycles. The molecular formula is C9H19ClN2O3S. The Kier molecular flexibility index (Phi) is 6.94. The summed E-state index contributed by atoms with van der Waals surface area (Å²) in [5, 5.41) is 0. The molecule has 0 fully saturated rings. The fourth-order valence-electron chi connectivity index (χ4n) is 0.965. The molecule has 0 N–H and O–H groups in total. The molecule has 0 bridgehead atoms. The SMILES string of the molecule is CN(C)C(=O)CN(C)S(=O)(=O)CCCCCl. The number of hydrogen-bond donors (Lipinski definition) is 0. The molecule has 0 saturated heterocycles. The van der Waals surface area contributed by atoms with Crippen LogP contribution in [0.4, 0.5) is 0 Å². The molecule has 0 aliphatic carbocycles. The normalized spacial score (nSPS) is 11.8. The maximum Gasteiger partial charge on any atom is 0.237 e. The first kappa shape index (κ1) is 15.7. The monoisotopic (exact) mass is 270 g/mol. The molecule has 0 aliphatic heterocycles. The van der Waals surface area contributed by atoms with Gasteiger partial charge in [0.2, 0.25) is 15.9 Å². The summed E-state index contributed by atoms with van der Waals surface area (Å²) in [6, 6.07) is 0. The lowest BCUT2D eigenvalue weighted by Gasteiger charge is -2.18. The maximum atomic E-state index is 11.7. The van der Waals surface area contributed by atoms with E-state index in [9.17, 15) is 13.2 Å². The van der Waals surface area contributed by atoms with E-state index in [0.717, 1.165) is 4.31 Å². The van der Waals surface area contributed by atoms with Crippen molar-refractivity contribution in [1.29, 1.82) is 0 Å². The van der Waals surface area contributed by atoms with Crippen LogP contribution in [-0.2, 0) is 14.8 Å². The second-order valence-electron chi connectivity index (χ2n) is 3.76. The van der Waals surface area contributed by atoms with Crippen molar-refractivity contribution in [3.63, 3.8) is 0 Å². The first-order valence-corrected chi connectivity index (χ1v) is 7.15. The van der Waals surface area contributed by atoms with Crippen LogP contribution in [0.15, 0.2) is 0 Å². The van der Waals surface area contributed by atoms with E-state index in [4.69, 9.17) is 11.6 Å². The minimum Gasteiger partial charge on any atom is -0.348 e. The standard InChI is InChI=1S/C9H19ClN2O3S/c1-11(2)9(13)8-12(3)16(14,15)7-5-4-6-10/h4-8H2,1-3H3. The number of halogens is 1. The Bertz CT molecular complexity index is 317. The van der Waals surface area contributed by atoms with Crippen LogP contribution in [0, 0.1) is 0 Å². The van der Waals surface area contributed by atoms with Gasteiger partial charge in [0, 0.05) is 27.0 Å². The summed E-state index contributed by atoms with van der Waals surface area (Å²) in [6.07, 6.45) is 1.18. The number of unbranched alkanes of at least 4 members (excludes halogenated alkanes) is 1. The van der Waals surface area contributed by atoms with Crippen molar-refractivity contribution in [2.24, 2.45) is 0 Å². The summed E-state index contributed by atoms with van der Waals surface area (Å²) in [6.45, 7) is -0.115. The van der Waals surface area contributed by atoms with E-state index in [1.165, 1.54) is 11.9 Å². The van der Waals surface area contributed by atoms with Crippen LogP contribution in [0.1, 0.15) is 12.8 Å². The molecule has 0 unspecified atom stereocenters. The van der Waals surface area contributed by atoms with Gasteiger partial charge in [-0.15, -0.1) is 11.6 Å². The van der Waals surface area contributed by atoms with Crippen molar-refractivity contribution in [2.75, 3.05) is 39.3 Å². The fraction of sp³-hybridized carbons (Fsp3) is 0.889. The highest BCUT2D eigenvalue weighted by molar-refractivity contribution is 7.89. The number of nitrogens with zero attached hydrogens (tertiary/aromatic N) is 2. The quantitative estimate of drug-likeness (QED) is 0.496. The smallest absolute Gasteiger partial charge is 0.237 e. The minimum absolute atomic E-state index is 0.0386. The fourth-order valence-corrected chi connectivity index (χ4v) is 2.34. The predicted octanol–water partition coefficient (Wildman–Crippen LogP) is 0.355. The summed E-state index contributed by atoms with van der Waals surface area (Å²) in [7, 11) is 1.27. The molecule has 96 valence electrons. The summed E-state index contributed by atoms with van der Waals surface area (Å²) in [5.74, 6) is 0.260. The Morgan fingerprint density at radius 1 is 1.19 bits per heavy atom. The third kappa shape index (κ3) is 5.67. The van der Waals surface area contributed by atoms with E-state index in [0.29, 0.717) is 18.7 Å². The molecule has 0 radical (unpaired) electrons. The molecule has 16 heavy (non-hydrogen) atoms. The first-order chi connectivity index (χ1) is 7.31. The zero-order chi connectivity index (χ0) is 12.8. The number of alkyl halides is 1. The van der Waals surface area contributed by atoms with Crippen LogP contribution in [0.2, 0.25) is 0 Å². The minimum atomic E-state index is -3.33. The van der Waals surface area contributed by atoms with Crippen LogP contribution in [0.25, 0.3) is 0 Å². The average Bonchev–Trinajstić information content (AvgIpc) is 2.17. The molecule has 5 nitrogen and oxygen atoms in total. The van der Waals surface area contributed by atoms with Gasteiger partial charge in [0.1, 0.15) is 0 Å².